The maximum absolute atomic E-state index is 13.6. The van der Waals surface area contributed by atoms with Crippen LogP contribution in [0.3, 0.4) is 0 Å². The van der Waals surface area contributed by atoms with Crippen LogP contribution in [0.15, 0.2) is 78.9 Å². The third-order valence-electron chi connectivity index (χ3n) is 6.08. The summed E-state index contributed by atoms with van der Waals surface area (Å²) in [5.74, 6) is -2.14. The lowest BCUT2D eigenvalue weighted by Crippen LogP contribution is -2.46. The van der Waals surface area contributed by atoms with Crippen molar-refractivity contribution in [3.05, 3.63) is 95.7 Å². The van der Waals surface area contributed by atoms with Gasteiger partial charge in [0.05, 0.1) is 17.5 Å². The summed E-state index contributed by atoms with van der Waals surface area (Å²) in [6, 6.07) is 26.4. The summed E-state index contributed by atoms with van der Waals surface area (Å²) < 4.78 is 1.60. The van der Waals surface area contributed by atoms with Crippen LogP contribution in [0.25, 0.3) is 16.9 Å². The third-order valence-corrected chi connectivity index (χ3v) is 6.08. The third kappa shape index (κ3) is 3.33. The average molecular weight is 458 g/mol. The number of ketones is 1. The number of fused-ring (bicyclic) bond motifs is 3. The van der Waals surface area contributed by atoms with E-state index in [0.717, 1.165) is 11.1 Å². The zero-order valence-corrected chi connectivity index (χ0v) is 18.4. The number of amides is 1. The molecule has 8 heteroatoms. The smallest absolute Gasteiger partial charge is 0.267 e. The van der Waals surface area contributed by atoms with Crippen LogP contribution in [0.2, 0.25) is 0 Å². The number of nitrogens with zero attached hydrogens (tertiary/aromatic N) is 4. The molecule has 1 heterocycles. The van der Waals surface area contributed by atoms with Gasteiger partial charge in [-0.1, -0.05) is 42.5 Å². The van der Waals surface area contributed by atoms with E-state index in [-0.39, 0.29) is 5.69 Å². The molecule has 3 N–H and O–H groups in total. The zero-order valence-electron chi connectivity index (χ0n) is 18.4. The summed E-state index contributed by atoms with van der Waals surface area (Å²) in [6.45, 7) is 0. The van der Waals surface area contributed by atoms with Crippen molar-refractivity contribution in [1.82, 2.24) is 9.78 Å². The second kappa shape index (κ2) is 8.29. The Labute approximate surface area is 200 Å². The highest BCUT2D eigenvalue weighted by molar-refractivity contribution is 6.23. The summed E-state index contributed by atoms with van der Waals surface area (Å²) in [4.78, 5) is 26.6. The standard InChI is InChI=1S/C27H18N6O2/c28-15-23(34)27(16-29,26(35)31-19-7-3-1-4-8-19)25-22-13-17-11-12-18(30)14-21(17)24(22)33(32-25)20-9-5-2-6-10-20/h1-12,14H,13,30H2,(H,31,35). The highest BCUT2D eigenvalue weighted by Crippen LogP contribution is 2.44. The van der Waals surface area contributed by atoms with E-state index in [1.807, 2.05) is 42.5 Å². The Morgan fingerprint density at radius 3 is 2.34 bits per heavy atom. The molecule has 4 aromatic rings. The van der Waals surface area contributed by atoms with Crippen molar-refractivity contribution in [3.8, 4) is 29.1 Å². The van der Waals surface area contributed by atoms with Crippen LogP contribution >= 0.6 is 0 Å². The molecule has 35 heavy (non-hydrogen) atoms. The molecule has 3 aromatic carbocycles. The summed E-state index contributed by atoms with van der Waals surface area (Å²) in [7, 11) is 0. The number of Topliss-reactive ketones (excluding diaryl/α,β-unsaturated/α-hetero) is 1. The topological polar surface area (TPSA) is 138 Å². The number of benzene rings is 3. The first kappa shape index (κ1) is 21.6. The van der Waals surface area contributed by atoms with Gasteiger partial charge in [0.2, 0.25) is 0 Å². The van der Waals surface area contributed by atoms with Gasteiger partial charge in [0.15, 0.2) is 0 Å². The average Bonchev–Trinajstić information content (AvgIpc) is 3.44. The molecule has 5 rings (SSSR count). The van der Waals surface area contributed by atoms with Gasteiger partial charge in [0, 0.05) is 28.9 Å². The van der Waals surface area contributed by atoms with E-state index in [0.29, 0.717) is 34.7 Å². The predicted molar refractivity (Wildman–Crippen MR) is 129 cm³/mol. The van der Waals surface area contributed by atoms with E-state index in [1.165, 1.54) is 6.07 Å². The monoisotopic (exact) mass is 458 g/mol. The number of nitrogen functional groups attached to an aromatic ring is 1. The van der Waals surface area contributed by atoms with Gasteiger partial charge in [0.1, 0.15) is 11.8 Å². The van der Waals surface area contributed by atoms with Crippen LogP contribution in [-0.4, -0.2) is 21.5 Å². The molecule has 0 saturated heterocycles. The van der Waals surface area contributed by atoms with Crippen molar-refractivity contribution in [2.24, 2.45) is 0 Å². The lowest BCUT2D eigenvalue weighted by molar-refractivity contribution is -0.128. The van der Waals surface area contributed by atoms with Gasteiger partial charge in [-0.05, 0) is 42.0 Å². The number of anilines is 2. The number of nitriles is 2. The Kier molecular flexibility index (Phi) is 5.12. The SMILES string of the molecule is N#CC(=O)C(C#N)(C(=O)Nc1ccccc1)c1nn(-c2ccccc2)c2c1Cc1ccc(N)cc1-2. The van der Waals surface area contributed by atoms with Gasteiger partial charge in [-0.15, -0.1) is 0 Å². The molecule has 1 aromatic heterocycles. The van der Waals surface area contributed by atoms with Crippen LogP contribution in [0.5, 0.6) is 0 Å². The van der Waals surface area contributed by atoms with Crippen molar-refractivity contribution in [2.45, 2.75) is 11.8 Å². The fourth-order valence-electron chi connectivity index (χ4n) is 4.41. The molecule has 0 saturated carbocycles. The van der Waals surface area contributed by atoms with E-state index in [2.05, 4.69) is 10.4 Å². The van der Waals surface area contributed by atoms with Crippen molar-refractivity contribution < 1.29 is 9.59 Å². The van der Waals surface area contributed by atoms with E-state index in [1.54, 1.807) is 47.1 Å². The maximum atomic E-state index is 13.6. The number of hydrogen-bond acceptors (Lipinski definition) is 6. The number of aromatic nitrogens is 2. The Bertz CT molecular complexity index is 1560. The molecule has 0 radical (unpaired) electrons. The van der Waals surface area contributed by atoms with Crippen LogP contribution in [0.4, 0.5) is 11.4 Å². The number of hydrogen-bond donors (Lipinski definition) is 2. The molecule has 1 aliphatic carbocycles. The summed E-state index contributed by atoms with van der Waals surface area (Å²) in [6.07, 6.45) is 0.327. The molecule has 0 aliphatic heterocycles. The second-order valence-corrected chi connectivity index (χ2v) is 8.14. The first-order valence-electron chi connectivity index (χ1n) is 10.8. The number of nitrogens with one attached hydrogen (secondary N) is 1. The largest absolute Gasteiger partial charge is 0.399 e. The lowest BCUT2D eigenvalue weighted by atomic mass is 9.78. The first-order chi connectivity index (χ1) is 17.0. The molecule has 1 atom stereocenters. The Hall–Kier alpha value is -5.21. The second-order valence-electron chi connectivity index (χ2n) is 8.14. The van der Waals surface area contributed by atoms with Gasteiger partial charge in [-0.2, -0.15) is 15.6 Å². The minimum atomic E-state index is -2.47. The Balaban J connectivity index is 1.77. The predicted octanol–water partition coefficient (Wildman–Crippen LogP) is 3.52. The number of nitrogens with two attached hydrogens (primary N) is 1. The van der Waals surface area contributed by atoms with E-state index < -0.39 is 17.1 Å². The van der Waals surface area contributed by atoms with Gasteiger partial charge >= 0.3 is 0 Å². The fourth-order valence-corrected chi connectivity index (χ4v) is 4.41. The Morgan fingerprint density at radius 1 is 1.00 bits per heavy atom. The van der Waals surface area contributed by atoms with Gasteiger partial charge in [-0.3, -0.25) is 9.59 Å². The van der Waals surface area contributed by atoms with Crippen LogP contribution in [0, 0.1) is 22.7 Å². The summed E-state index contributed by atoms with van der Waals surface area (Å²) in [5.41, 5.74) is 7.99. The quantitative estimate of drug-likeness (QED) is 0.235. The van der Waals surface area contributed by atoms with E-state index >= 15 is 0 Å². The molecule has 1 amide bonds. The normalized spacial score (nSPS) is 13.0. The fraction of sp³-hybridized carbons (Fsp3) is 0.0741. The molecule has 0 bridgehead atoms. The molecule has 1 aliphatic rings. The molecule has 8 nitrogen and oxygen atoms in total. The first-order valence-corrected chi connectivity index (χ1v) is 10.8. The van der Waals surface area contributed by atoms with Crippen molar-refractivity contribution in [1.29, 1.82) is 10.5 Å². The number of para-hydroxylation sites is 2. The molecule has 168 valence electrons. The van der Waals surface area contributed by atoms with Crippen LogP contribution in [0.1, 0.15) is 16.8 Å². The molecule has 1 unspecified atom stereocenters. The van der Waals surface area contributed by atoms with Gasteiger partial charge in [0.25, 0.3) is 17.1 Å². The summed E-state index contributed by atoms with van der Waals surface area (Å²) in [5, 5.41) is 27.1. The minimum Gasteiger partial charge on any atom is -0.399 e. The maximum Gasteiger partial charge on any atom is 0.267 e. The van der Waals surface area contributed by atoms with Crippen LogP contribution in [-0.2, 0) is 21.4 Å². The molecular formula is C27H18N6O2. The van der Waals surface area contributed by atoms with E-state index in [4.69, 9.17) is 5.73 Å². The van der Waals surface area contributed by atoms with Crippen molar-refractivity contribution >= 4 is 23.1 Å². The number of carbonyl (C=O) groups excluding carboxylic acids is 2. The minimum absolute atomic E-state index is 0.0615. The van der Waals surface area contributed by atoms with Crippen molar-refractivity contribution in [2.75, 3.05) is 11.1 Å². The summed E-state index contributed by atoms with van der Waals surface area (Å²) >= 11 is 0. The van der Waals surface area contributed by atoms with E-state index in [9.17, 15) is 20.1 Å². The van der Waals surface area contributed by atoms with Gasteiger partial charge in [-0.25, -0.2) is 4.68 Å². The lowest BCUT2D eigenvalue weighted by Gasteiger charge is -2.20. The number of carbonyl (C=O) groups is 2. The van der Waals surface area contributed by atoms with Crippen molar-refractivity contribution in [3.63, 3.8) is 0 Å². The van der Waals surface area contributed by atoms with Gasteiger partial charge < -0.3 is 11.1 Å². The molecular weight excluding hydrogens is 440 g/mol. The van der Waals surface area contributed by atoms with Crippen LogP contribution < -0.4 is 11.1 Å². The molecule has 0 spiro atoms. The Morgan fingerprint density at radius 2 is 1.69 bits per heavy atom. The zero-order chi connectivity index (χ0) is 24.6. The highest BCUT2D eigenvalue weighted by Gasteiger charge is 2.53. The highest BCUT2D eigenvalue weighted by atomic mass is 16.2. The number of rotatable bonds is 5. The molecule has 0 fully saturated rings.